The quantitative estimate of drug-likeness (QED) is 0.906. The smallest absolute Gasteiger partial charge is 0.375 e. The number of hydrogen-bond donors (Lipinski definition) is 1. The van der Waals surface area contributed by atoms with Crippen molar-refractivity contribution >= 4 is 5.97 Å². The van der Waals surface area contributed by atoms with Crippen molar-refractivity contribution in [1.82, 2.24) is 14.8 Å². The van der Waals surface area contributed by atoms with Crippen molar-refractivity contribution < 1.29 is 9.90 Å². The Morgan fingerprint density at radius 1 is 1.37 bits per heavy atom. The predicted octanol–water partition coefficient (Wildman–Crippen LogP) is 1.96. The van der Waals surface area contributed by atoms with E-state index in [4.69, 9.17) is 10.4 Å². The molecule has 1 aromatic heterocycles. The van der Waals surface area contributed by atoms with Crippen LogP contribution in [0.25, 0.3) is 5.69 Å². The lowest BCUT2D eigenvalue weighted by molar-refractivity contribution is 0.0683. The molecular formula is C13H12N4O2. The lowest BCUT2D eigenvalue weighted by Crippen LogP contribution is -2.05. The molecule has 0 bridgehead atoms. The molecule has 0 saturated carbocycles. The zero-order valence-electron chi connectivity index (χ0n) is 10.5. The van der Waals surface area contributed by atoms with Gasteiger partial charge in [-0.05, 0) is 24.3 Å². The summed E-state index contributed by atoms with van der Waals surface area (Å²) in [4.78, 5) is 15.0. The van der Waals surface area contributed by atoms with Crippen LogP contribution in [0.5, 0.6) is 0 Å². The van der Waals surface area contributed by atoms with E-state index < -0.39 is 5.97 Å². The molecule has 6 nitrogen and oxygen atoms in total. The number of nitriles is 1. The topological polar surface area (TPSA) is 91.8 Å². The molecule has 0 fully saturated rings. The summed E-state index contributed by atoms with van der Waals surface area (Å²) in [6, 6.07) is 8.76. The van der Waals surface area contributed by atoms with Gasteiger partial charge in [-0.25, -0.2) is 14.5 Å². The number of nitrogens with zero attached hydrogens (tertiary/aromatic N) is 4. The first-order valence-electron chi connectivity index (χ1n) is 5.73. The fraction of sp³-hybridized carbons (Fsp3) is 0.231. The maximum Gasteiger partial charge on any atom is 0.375 e. The second kappa shape index (κ2) is 4.90. The number of hydrogen-bond acceptors (Lipinski definition) is 4. The van der Waals surface area contributed by atoms with Crippen molar-refractivity contribution in [2.75, 3.05) is 0 Å². The lowest BCUT2D eigenvalue weighted by Gasteiger charge is -2.07. The maximum atomic E-state index is 10.9. The highest BCUT2D eigenvalue weighted by Crippen LogP contribution is 2.17. The van der Waals surface area contributed by atoms with Crippen molar-refractivity contribution in [3.05, 3.63) is 41.5 Å². The summed E-state index contributed by atoms with van der Waals surface area (Å²) in [5.74, 6) is -0.777. The molecule has 6 heteroatoms. The van der Waals surface area contributed by atoms with E-state index in [9.17, 15) is 4.79 Å². The molecule has 0 saturated heterocycles. The second-order valence-corrected chi connectivity index (χ2v) is 4.32. The molecule has 0 aliphatic rings. The van der Waals surface area contributed by atoms with E-state index in [0.717, 1.165) is 0 Å². The van der Waals surface area contributed by atoms with Gasteiger partial charge in [0.1, 0.15) is 5.82 Å². The van der Waals surface area contributed by atoms with Crippen LogP contribution in [-0.4, -0.2) is 25.8 Å². The molecule has 0 atom stereocenters. The number of aromatic nitrogens is 3. The van der Waals surface area contributed by atoms with Gasteiger partial charge in [0.2, 0.25) is 0 Å². The molecule has 2 aromatic rings. The second-order valence-electron chi connectivity index (χ2n) is 4.32. The Bertz CT molecular complexity index is 650. The highest BCUT2D eigenvalue weighted by atomic mass is 16.4. The average Bonchev–Trinajstić information content (AvgIpc) is 2.84. The molecule has 19 heavy (non-hydrogen) atoms. The van der Waals surface area contributed by atoms with Gasteiger partial charge in [-0.1, -0.05) is 13.8 Å². The number of carboxylic acid groups (broad SMARTS) is 1. The fourth-order valence-electron chi connectivity index (χ4n) is 1.66. The summed E-state index contributed by atoms with van der Waals surface area (Å²) < 4.78 is 1.50. The van der Waals surface area contributed by atoms with Crippen LogP contribution in [0, 0.1) is 11.3 Å². The molecule has 0 radical (unpaired) electrons. The molecule has 96 valence electrons. The largest absolute Gasteiger partial charge is 0.475 e. The summed E-state index contributed by atoms with van der Waals surface area (Å²) in [5, 5.41) is 21.7. The normalized spacial score (nSPS) is 10.4. The zero-order chi connectivity index (χ0) is 14.0. The highest BCUT2D eigenvalue weighted by molar-refractivity contribution is 5.83. The average molecular weight is 256 g/mol. The van der Waals surface area contributed by atoms with Gasteiger partial charge in [0.25, 0.3) is 5.82 Å². The predicted molar refractivity (Wildman–Crippen MR) is 67.1 cm³/mol. The fourth-order valence-corrected chi connectivity index (χ4v) is 1.66. The Hall–Kier alpha value is -2.68. The van der Waals surface area contributed by atoms with Crippen LogP contribution in [0.1, 0.15) is 41.8 Å². The summed E-state index contributed by atoms with van der Waals surface area (Å²) in [7, 11) is 0. The summed E-state index contributed by atoms with van der Waals surface area (Å²) in [5.41, 5.74) is 1.22. The van der Waals surface area contributed by atoms with Gasteiger partial charge in [-0.3, -0.25) is 0 Å². The van der Waals surface area contributed by atoms with Crippen molar-refractivity contribution in [2.24, 2.45) is 0 Å². The van der Waals surface area contributed by atoms with Crippen molar-refractivity contribution in [3.63, 3.8) is 0 Å². The minimum atomic E-state index is -1.16. The zero-order valence-corrected chi connectivity index (χ0v) is 10.5. The van der Waals surface area contributed by atoms with E-state index >= 15 is 0 Å². The Kier molecular flexibility index (Phi) is 3.29. The molecule has 0 aliphatic carbocycles. The Morgan fingerprint density at radius 3 is 2.47 bits per heavy atom. The first kappa shape index (κ1) is 12.8. The maximum absolute atomic E-state index is 10.9. The number of rotatable bonds is 3. The standard InChI is InChI=1S/C13H12N4O2/c1-8(2)12-15-11(13(18)19)16-17(12)10-5-3-9(7-14)4-6-10/h3-6,8H,1-2H3,(H,18,19). The Morgan fingerprint density at radius 2 is 2.00 bits per heavy atom. The van der Waals surface area contributed by atoms with E-state index in [1.807, 2.05) is 19.9 Å². The van der Waals surface area contributed by atoms with Crippen LogP contribution in [0.2, 0.25) is 0 Å². The number of aromatic carboxylic acids is 1. The van der Waals surface area contributed by atoms with Crippen LogP contribution in [0.4, 0.5) is 0 Å². The Labute approximate surface area is 109 Å². The van der Waals surface area contributed by atoms with Crippen LogP contribution in [0.15, 0.2) is 24.3 Å². The minimum absolute atomic E-state index is 0.0382. The van der Waals surface area contributed by atoms with Crippen LogP contribution in [0.3, 0.4) is 0 Å². The van der Waals surface area contributed by atoms with Gasteiger partial charge >= 0.3 is 5.97 Å². The minimum Gasteiger partial charge on any atom is -0.475 e. The Balaban J connectivity index is 2.53. The van der Waals surface area contributed by atoms with Gasteiger partial charge in [-0.15, -0.1) is 5.10 Å². The van der Waals surface area contributed by atoms with Crippen LogP contribution in [-0.2, 0) is 0 Å². The summed E-state index contributed by atoms with van der Waals surface area (Å²) in [6.45, 7) is 3.82. The van der Waals surface area contributed by atoms with Crippen molar-refractivity contribution in [1.29, 1.82) is 5.26 Å². The van der Waals surface area contributed by atoms with Gasteiger partial charge in [0.05, 0.1) is 17.3 Å². The van der Waals surface area contributed by atoms with Crippen molar-refractivity contribution in [2.45, 2.75) is 19.8 Å². The van der Waals surface area contributed by atoms with Gasteiger partial charge in [0, 0.05) is 5.92 Å². The molecule has 0 amide bonds. The highest BCUT2D eigenvalue weighted by Gasteiger charge is 2.18. The molecule has 1 aromatic carbocycles. The number of carbonyl (C=O) groups is 1. The first-order valence-corrected chi connectivity index (χ1v) is 5.73. The molecule has 0 spiro atoms. The van der Waals surface area contributed by atoms with Crippen LogP contribution < -0.4 is 0 Å². The third-order valence-electron chi connectivity index (χ3n) is 2.58. The van der Waals surface area contributed by atoms with E-state index in [2.05, 4.69) is 10.1 Å². The number of benzene rings is 1. The first-order chi connectivity index (χ1) is 9.02. The SMILES string of the molecule is CC(C)c1nc(C(=O)O)nn1-c1ccc(C#N)cc1. The van der Waals surface area contributed by atoms with E-state index in [1.54, 1.807) is 24.3 Å². The summed E-state index contributed by atoms with van der Waals surface area (Å²) in [6.07, 6.45) is 0. The van der Waals surface area contributed by atoms with E-state index in [0.29, 0.717) is 17.1 Å². The monoisotopic (exact) mass is 256 g/mol. The molecule has 1 heterocycles. The van der Waals surface area contributed by atoms with Gasteiger partial charge in [-0.2, -0.15) is 5.26 Å². The van der Waals surface area contributed by atoms with E-state index in [-0.39, 0.29) is 11.7 Å². The molecular weight excluding hydrogens is 244 g/mol. The third-order valence-corrected chi connectivity index (χ3v) is 2.58. The molecule has 2 rings (SSSR count). The summed E-state index contributed by atoms with van der Waals surface area (Å²) >= 11 is 0. The van der Waals surface area contributed by atoms with E-state index in [1.165, 1.54) is 4.68 Å². The van der Waals surface area contributed by atoms with Gasteiger partial charge < -0.3 is 5.11 Å². The molecule has 1 N–H and O–H groups in total. The molecule has 0 unspecified atom stereocenters. The van der Waals surface area contributed by atoms with Gasteiger partial charge in [0.15, 0.2) is 0 Å². The third kappa shape index (κ3) is 2.45. The molecule has 0 aliphatic heterocycles. The number of carboxylic acids is 1. The lowest BCUT2D eigenvalue weighted by atomic mass is 10.2. The van der Waals surface area contributed by atoms with Crippen LogP contribution >= 0.6 is 0 Å². The van der Waals surface area contributed by atoms with Crippen molar-refractivity contribution in [3.8, 4) is 11.8 Å².